The highest BCUT2D eigenvalue weighted by atomic mass is 35.5. The van der Waals surface area contributed by atoms with Crippen molar-refractivity contribution in [2.75, 3.05) is 18.0 Å². The van der Waals surface area contributed by atoms with Crippen LogP contribution in [0.5, 0.6) is 0 Å². The number of anilines is 1. The van der Waals surface area contributed by atoms with E-state index in [1.165, 1.54) is 12.8 Å². The Hall–Kier alpha value is -1.37. The molecule has 1 aliphatic rings. The van der Waals surface area contributed by atoms with E-state index in [0.29, 0.717) is 0 Å². The van der Waals surface area contributed by atoms with E-state index >= 15 is 0 Å². The molecule has 3 aromatic rings. The quantitative estimate of drug-likeness (QED) is 0.596. The molecule has 0 radical (unpaired) electrons. The predicted octanol–water partition coefficient (Wildman–Crippen LogP) is 5.44. The van der Waals surface area contributed by atoms with Gasteiger partial charge in [-0.15, -0.1) is 11.3 Å². The number of piperidine rings is 1. The van der Waals surface area contributed by atoms with E-state index in [1.807, 2.05) is 31.5 Å². The SMILES string of the molecule is Cc1nc2ccc(Sc3cnc(N4CCC(C)CC4)cn3)c(Cl)c2s1. The van der Waals surface area contributed by atoms with Crippen LogP contribution in [0.2, 0.25) is 5.02 Å². The minimum Gasteiger partial charge on any atom is -0.355 e. The van der Waals surface area contributed by atoms with Crippen molar-refractivity contribution in [1.29, 1.82) is 0 Å². The highest BCUT2D eigenvalue weighted by Gasteiger charge is 2.17. The molecule has 1 aliphatic heterocycles. The van der Waals surface area contributed by atoms with Crippen LogP contribution >= 0.6 is 34.7 Å². The van der Waals surface area contributed by atoms with Gasteiger partial charge in [0, 0.05) is 18.0 Å². The Morgan fingerprint density at radius 1 is 1.20 bits per heavy atom. The second-order valence-corrected chi connectivity index (χ2v) is 9.09. The van der Waals surface area contributed by atoms with Gasteiger partial charge in [0.15, 0.2) is 0 Å². The molecule has 4 nitrogen and oxygen atoms in total. The molecule has 0 spiro atoms. The Morgan fingerprint density at radius 2 is 2.00 bits per heavy atom. The van der Waals surface area contributed by atoms with Crippen molar-refractivity contribution in [2.45, 2.75) is 36.6 Å². The van der Waals surface area contributed by atoms with Crippen molar-refractivity contribution in [3.8, 4) is 0 Å². The molecule has 1 aromatic carbocycles. The summed E-state index contributed by atoms with van der Waals surface area (Å²) < 4.78 is 1.04. The third kappa shape index (κ3) is 3.61. The van der Waals surface area contributed by atoms with Gasteiger partial charge in [-0.2, -0.15) is 0 Å². The number of aryl methyl sites for hydroxylation is 1. The molecule has 2 aromatic heterocycles. The molecule has 7 heteroatoms. The van der Waals surface area contributed by atoms with E-state index in [4.69, 9.17) is 11.6 Å². The molecular weight excluding hydrogens is 372 g/mol. The summed E-state index contributed by atoms with van der Waals surface area (Å²) in [5, 5.41) is 2.64. The number of aromatic nitrogens is 3. The lowest BCUT2D eigenvalue weighted by Gasteiger charge is -2.30. The van der Waals surface area contributed by atoms with Gasteiger partial charge in [0.1, 0.15) is 10.8 Å². The van der Waals surface area contributed by atoms with Gasteiger partial charge in [0.25, 0.3) is 0 Å². The molecule has 0 bridgehead atoms. The highest BCUT2D eigenvalue weighted by molar-refractivity contribution is 7.99. The Kier molecular flexibility index (Phi) is 4.84. The van der Waals surface area contributed by atoms with E-state index < -0.39 is 0 Å². The summed E-state index contributed by atoms with van der Waals surface area (Å²) in [5.41, 5.74) is 0.956. The Morgan fingerprint density at radius 3 is 2.72 bits per heavy atom. The number of rotatable bonds is 3. The maximum absolute atomic E-state index is 6.56. The fraction of sp³-hybridized carbons (Fsp3) is 0.389. The van der Waals surface area contributed by atoms with Gasteiger partial charge in [0.2, 0.25) is 0 Å². The van der Waals surface area contributed by atoms with Crippen molar-refractivity contribution >= 4 is 50.7 Å². The fourth-order valence-corrected chi connectivity index (χ4v) is 5.08. The van der Waals surface area contributed by atoms with E-state index in [1.54, 1.807) is 23.1 Å². The van der Waals surface area contributed by atoms with Crippen LogP contribution in [0, 0.1) is 12.8 Å². The van der Waals surface area contributed by atoms with Crippen molar-refractivity contribution in [3.05, 3.63) is 34.6 Å². The molecule has 4 rings (SSSR count). The van der Waals surface area contributed by atoms with Gasteiger partial charge >= 0.3 is 0 Å². The van der Waals surface area contributed by atoms with Crippen molar-refractivity contribution in [1.82, 2.24) is 15.0 Å². The van der Waals surface area contributed by atoms with E-state index in [2.05, 4.69) is 26.8 Å². The number of thiazole rings is 1. The second-order valence-electron chi connectivity index (χ2n) is 6.44. The number of benzene rings is 1. The maximum atomic E-state index is 6.56. The van der Waals surface area contributed by atoms with Gasteiger partial charge in [-0.1, -0.05) is 30.3 Å². The molecule has 0 unspecified atom stereocenters. The number of fused-ring (bicyclic) bond motifs is 1. The summed E-state index contributed by atoms with van der Waals surface area (Å²) in [7, 11) is 0. The standard InChI is InChI=1S/C18H19ClN4S2/c1-11-5-7-23(8-6-11)15-9-21-16(10-20-15)25-14-4-3-13-18(17(14)19)24-12(2)22-13/h3-4,9-11H,5-8H2,1-2H3. The number of hydrogen-bond donors (Lipinski definition) is 0. The topological polar surface area (TPSA) is 41.9 Å². The van der Waals surface area contributed by atoms with Crippen molar-refractivity contribution < 1.29 is 0 Å². The van der Waals surface area contributed by atoms with E-state index in [-0.39, 0.29) is 0 Å². The summed E-state index contributed by atoms with van der Waals surface area (Å²) in [6, 6.07) is 4.03. The molecule has 0 amide bonds. The normalized spacial score (nSPS) is 15.9. The summed E-state index contributed by atoms with van der Waals surface area (Å²) >= 11 is 9.74. The average Bonchev–Trinajstić information content (AvgIpc) is 3.00. The zero-order valence-corrected chi connectivity index (χ0v) is 16.6. The third-order valence-corrected chi connectivity index (χ3v) is 7.11. The first kappa shape index (κ1) is 17.1. The van der Waals surface area contributed by atoms with Crippen LogP contribution in [0.4, 0.5) is 5.82 Å². The second kappa shape index (κ2) is 7.09. The molecule has 1 saturated heterocycles. The molecule has 0 aliphatic carbocycles. The fourth-order valence-electron chi connectivity index (χ4n) is 3.01. The zero-order valence-electron chi connectivity index (χ0n) is 14.2. The summed E-state index contributed by atoms with van der Waals surface area (Å²) in [5.74, 6) is 1.78. The van der Waals surface area contributed by atoms with Crippen molar-refractivity contribution in [2.24, 2.45) is 5.92 Å². The zero-order chi connectivity index (χ0) is 17.4. The Bertz CT molecular complexity index is 886. The summed E-state index contributed by atoms with van der Waals surface area (Å²) in [6.07, 6.45) is 6.17. The first-order valence-corrected chi connectivity index (χ1v) is 10.4. The molecule has 0 saturated carbocycles. The molecule has 25 heavy (non-hydrogen) atoms. The smallest absolute Gasteiger partial charge is 0.147 e. The molecular formula is C18H19ClN4S2. The van der Waals surface area contributed by atoms with Gasteiger partial charge in [-0.25, -0.2) is 15.0 Å². The molecule has 0 N–H and O–H groups in total. The van der Waals surface area contributed by atoms with Crippen LogP contribution < -0.4 is 4.90 Å². The third-order valence-electron chi connectivity index (χ3n) is 4.51. The summed E-state index contributed by atoms with van der Waals surface area (Å²) in [6.45, 7) is 6.44. The van der Waals surface area contributed by atoms with Crippen LogP contribution in [-0.2, 0) is 0 Å². The minimum absolute atomic E-state index is 0.754. The van der Waals surface area contributed by atoms with Crippen LogP contribution in [-0.4, -0.2) is 28.0 Å². The minimum atomic E-state index is 0.754. The lowest BCUT2D eigenvalue weighted by molar-refractivity contribution is 0.436. The van der Waals surface area contributed by atoms with Crippen molar-refractivity contribution in [3.63, 3.8) is 0 Å². The lowest BCUT2D eigenvalue weighted by atomic mass is 9.99. The largest absolute Gasteiger partial charge is 0.355 e. The predicted molar refractivity (Wildman–Crippen MR) is 106 cm³/mol. The number of hydrogen-bond acceptors (Lipinski definition) is 6. The van der Waals surface area contributed by atoms with Gasteiger partial charge in [-0.05, 0) is 37.8 Å². The molecule has 1 fully saturated rings. The van der Waals surface area contributed by atoms with Crippen LogP contribution in [0.1, 0.15) is 24.8 Å². The highest BCUT2D eigenvalue weighted by Crippen LogP contribution is 2.39. The molecule has 0 atom stereocenters. The first-order chi connectivity index (χ1) is 12.1. The van der Waals surface area contributed by atoms with E-state index in [9.17, 15) is 0 Å². The molecule has 130 valence electrons. The maximum Gasteiger partial charge on any atom is 0.147 e. The Balaban J connectivity index is 1.52. The average molecular weight is 391 g/mol. The summed E-state index contributed by atoms with van der Waals surface area (Å²) in [4.78, 5) is 17.0. The monoisotopic (exact) mass is 390 g/mol. The van der Waals surface area contributed by atoms with Crippen LogP contribution in [0.3, 0.4) is 0 Å². The number of nitrogens with zero attached hydrogens (tertiary/aromatic N) is 4. The van der Waals surface area contributed by atoms with Crippen LogP contribution in [0.25, 0.3) is 10.2 Å². The first-order valence-electron chi connectivity index (χ1n) is 8.40. The molecule has 3 heterocycles. The van der Waals surface area contributed by atoms with Gasteiger partial charge < -0.3 is 4.90 Å². The van der Waals surface area contributed by atoms with Gasteiger partial charge in [-0.3, -0.25) is 0 Å². The van der Waals surface area contributed by atoms with E-state index in [0.717, 1.165) is 55.0 Å². The Labute approximate surface area is 160 Å². The van der Waals surface area contributed by atoms with Crippen LogP contribution in [0.15, 0.2) is 34.4 Å². The number of halogens is 1. The lowest BCUT2D eigenvalue weighted by Crippen LogP contribution is -2.33. The van der Waals surface area contributed by atoms with Gasteiger partial charge in [0.05, 0.1) is 32.6 Å².